The Hall–Kier alpha value is -1.36. The van der Waals surface area contributed by atoms with Crippen LogP contribution in [0.2, 0.25) is 0 Å². The lowest BCUT2D eigenvalue weighted by atomic mass is 10.4. The van der Waals surface area contributed by atoms with E-state index in [1.54, 1.807) is 0 Å². The van der Waals surface area contributed by atoms with E-state index in [-0.39, 0.29) is 30.4 Å². The monoisotopic (exact) mass is 290 g/mol. The van der Waals surface area contributed by atoms with Crippen molar-refractivity contribution in [2.24, 2.45) is 0 Å². The molecule has 9 nitrogen and oxygen atoms in total. The van der Waals surface area contributed by atoms with Crippen LogP contribution in [-0.4, -0.2) is 80.6 Å². The molecule has 108 valence electrons. The van der Waals surface area contributed by atoms with Gasteiger partial charge in [0.05, 0.1) is 13.2 Å². The lowest BCUT2D eigenvalue weighted by molar-refractivity contribution is -0.121. The molecule has 0 aliphatic heterocycles. The normalized spacial score (nSPS) is 10.9. The Labute approximate surface area is 115 Å². The summed E-state index contributed by atoms with van der Waals surface area (Å²) in [5.41, 5.74) is 0. The van der Waals surface area contributed by atoms with Gasteiger partial charge in [-0.3, -0.25) is 9.69 Å². The molecule has 0 bridgehead atoms. The number of aliphatic hydroxyl groups excluding tert-OH is 2. The molecular weight excluding hydrogens is 272 g/mol. The van der Waals surface area contributed by atoms with E-state index in [1.165, 1.54) is 4.68 Å². The molecule has 0 atom stereocenters. The highest BCUT2D eigenvalue weighted by molar-refractivity contribution is 7.71. The lowest BCUT2D eigenvalue weighted by Crippen LogP contribution is -2.38. The highest BCUT2D eigenvalue weighted by atomic mass is 32.1. The molecule has 1 aromatic heterocycles. The van der Waals surface area contributed by atoms with Crippen LogP contribution < -0.4 is 5.32 Å². The molecule has 0 saturated carbocycles. The Morgan fingerprint density at radius 1 is 1.37 bits per heavy atom. The predicted octanol–water partition coefficient (Wildman–Crippen LogP) is -2.26. The molecular formula is C9H18N6O3S. The van der Waals surface area contributed by atoms with Gasteiger partial charge in [-0.1, -0.05) is 10.3 Å². The van der Waals surface area contributed by atoms with E-state index in [0.29, 0.717) is 26.2 Å². The summed E-state index contributed by atoms with van der Waals surface area (Å²) >= 11 is 4.84. The van der Waals surface area contributed by atoms with Gasteiger partial charge < -0.3 is 15.5 Å². The van der Waals surface area contributed by atoms with Gasteiger partial charge in [0.1, 0.15) is 6.54 Å². The van der Waals surface area contributed by atoms with E-state index in [1.807, 2.05) is 4.90 Å². The van der Waals surface area contributed by atoms with E-state index in [9.17, 15) is 4.79 Å². The molecule has 0 aliphatic rings. The topological polar surface area (TPSA) is 119 Å². The zero-order valence-corrected chi connectivity index (χ0v) is 11.3. The summed E-state index contributed by atoms with van der Waals surface area (Å²) in [6.07, 6.45) is 0. The molecule has 4 N–H and O–H groups in total. The molecule has 10 heteroatoms. The standard InChI is InChI=1S/C9H18N6O3S/c16-5-3-14(4-6-17)2-1-10-8(18)7-15-9(19)11-12-13-15/h16-17H,1-7H2,(H,10,18)(H,11,13,19). The van der Waals surface area contributed by atoms with E-state index >= 15 is 0 Å². The van der Waals surface area contributed by atoms with Gasteiger partial charge in [-0.05, 0) is 12.2 Å². The van der Waals surface area contributed by atoms with Crippen LogP contribution >= 0.6 is 12.2 Å². The van der Waals surface area contributed by atoms with E-state index in [2.05, 4.69) is 20.8 Å². The van der Waals surface area contributed by atoms with Gasteiger partial charge in [0, 0.05) is 26.2 Å². The summed E-state index contributed by atoms with van der Waals surface area (Å²) in [4.78, 5) is 13.4. The summed E-state index contributed by atoms with van der Waals surface area (Å²) in [6, 6.07) is 0. The molecule has 0 unspecified atom stereocenters. The fraction of sp³-hybridized carbons (Fsp3) is 0.778. The maximum atomic E-state index is 11.6. The number of H-pyrrole nitrogens is 1. The second-order valence-electron chi connectivity index (χ2n) is 3.81. The summed E-state index contributed by atoms with van der Waals surface area (Å²) in [6.45, 7) is 1.97. The maximum Gasteiger partial charge on any atom is 0.241 e. The first-order valence-electron chi connectivity index (χ1n) is 5.86. The first kappa shape index (κ1) is 15.7. The molecule has 0 radical (unpaired) electrons. The number of amides is 1. The first-order valence-corrected chi connectivity index (χ1v) is 6.27. The fourth-order valence-electron chi connectivity index (χ4n) is 1.49. The molecule has 0 aromatic carbocycles. The number of aromatic amines is 1. The molecule has 1 amide bonds. The minimum Gasteiger partial charge on any atom is -0.395 e. The number of carbonyl (C=O) groups excluding carboxylic acids is 1. The number of aromatic nitrogens is 4. The highest BCUT2D eigenvalue weighted by Crippen LogP contribution is 1.87. The van der Waals surface area contributed by atoms with Gasteiger partial charge in [0.15, 0.2) is 0 Å². The summed E-state index contributed by atoms with van der Waals surface area (Å²) in [5.74, 6) is -0.213. The Kier molecular flexibility index (Phi) is 7.18. The van der Waals surface area contributed by atoms with E-state index in [0.717, 1.165) is 0 Å². The van der Waals surface area contributed by atoms with Crippen molar-refractivity contribution in [3.63, 3.8) is 0 Å². The van der Waals surface area contributed by atoms with Crippen LogP contribution in [0, 0.1) is 4.77 Å². The summed E-state index contributed by atoms with van der Waals surface area (Å²) in [5, 5.41) is 29.9. The molecule has 19 heavy (non-hydrogen) atoms. The van der Waals surface area contributed by atoms with Crippen LogP contribution in [-0.2, 0) is 11.3 Å². The predicted molar refractivity (Wildman–Crippen MR) is 68.8 cm³/mol. The number of hydrogen-bond donors (Lipinski definition) is 4. The second kappa shape index (κ2) is 8.69. The Balaban J connectivity index is 2.26. The van der Waals surface area contributed by atoms with Crippen molar-refractivity contribution in [1.29, 1.82) is 0 Å². The van der Waals surface area contributed by atoms with Gasteiger partial charge in [-0.15, -0.1) is 0 Å². The van der Waals surface area contributed by atoms with Gasteiger partial charge in [-0.25, -0.2) is 4.68 Å². The SMILES string of the molecule is O=C(Cn1[nH]nnc1=S)NCCN(CCO)CCO. The maximum absolute atomic E-state index is 11.6. The number of nitrogens with one attached hydrogen (secondary N) is 2. The van der Waals surface area contributed by atoms with Crippen molar-refractivity contribution < 1.29 is 15.0 Å². The van der Waals surface area contributed by atoms with Crippen molar-refractivity contribution in [3.05, 3.63) is 4.77 Å². The Morgan fingerprint density at radius 2 is 2.05 bits per heavy atom. The van der Waals surface area contributed by atoms with Crippen LogP contribution in [0.5, 0.6) is 0 Å². The Morgan fingerprint density at radius 3 is 2.58 bits per heavy atom. The van der Waals surface area contributed by atoms with Crippen LogP contribution in [0.1, 0.15) is 0 Å². The summed E-state index contributed by atoms with van der Waals surface area (Å²) < 4.78 is 1.57. The van der Waals surface area contributed by atoms with Gasteiger partial charge >= 0.3 is 0 Å². The average Bonchev–Trinajstić information content (AvgIpc) is 2.75. The van der Waals surface area contributed by atoms with Crippen molar-refractivity contribution in [1.82, 2.24) is 30.4 Å². The van der Waals surface area contributed by atoms with Crippen molar-refractivity contribution in [2.45, 2.75) is 6.54 Å². The molecule has 0 fully saturated rings. The minimum atomic E-state index is -0.213. The molecule has 0 spiro atoms. The van der Waals surface area contributed by atoms with Crippen LogP contribution in [0.15, 0.2) is 0 Å². The number of nitrogens with zero attached hydrogens (tertiary/aromatic N) is 4. The third kappa shape index (κ3) is 5.87. The number of carbonyl (C=O) groups is 1. The molecule has 0 saturated heterocycles. The van der Waals surface area contributed by atoms with Gasteiger partial charge in [-0.2, -0.15) is 5.21 Å². The number of hydrogen-bond acceptors (Lipinski definition) is 7. The van der Waals surface area contributed by atoms with Crippen molar-refractivity contribution >= 4 is 18.1 Å². The first-order chi connectivity index (χ1) is 9.17. The van der Waals surface area contributed by atoms with Crippen LogP contribution in [0.4, 0.5) is 0 Å². The quantitative estimate of drug-likeness (QED) is 0.379. The summed E-state index contributed by atoms with van der Waals surface area (Å²) in [7, 11) is 0. The second-order valence-corrected chi connectivity index (χ2v) is 4.17. The van der Waals surface area contributed by atoms with E-state index < -0.39 is 0 Å². The molecule has 1 rings (SSSR count). The Bertz CT molecular complexity index is 428. The highest BCUT2D eigenvalue weighted by Gasteiger charge is 2.06. The van der Waals surface area contributed by atoms with Crippen molar-refractivity contribution in [3.8, 4) is 0 Å². The zero-order valence-electron chi connectivity index (χ0n) is 10.4. The van der Waals surface area contributed by atoms with Crippen molar-refractivity contribution in [2.75, 3.05) is 39.4 Å². The van der Waals surface area contributed by atoms with E-state index in [4.69, 9.17) is 22.4 Å². The molecule has 0 aliphatic carbocycles. The van der Waals surface area contributed by atoms with Crippen LogP contribution in [0.3, 0.4) is 0 Å². The number of aliphatic hydroxyl groups is 2. The minimum absolute atomic E-state index is 0.0168. The molecule has 1 heterocycles. The zero-order chi connectivity index (χ0) is 14.1. The third-order valence-electron chi connectivity index (χ3n) is 2.42. The average molecular weight is 290 g/mol. The molecule has 1 aromatic rings. The number of rotatable bonds is 9. The van der Waals surface area contributed by atoms with Crippen LogP contribution in [0.25, 0.3) is 0 Å². The van der Waals surface area contributed by atoms with Gasteiger partial charge in [0.2, 0.25) is 10.7 Å². The largest absolute Gasteiger partial charge is 0.395 e. The lowest BCUT2D eigenvalue weighted by Gasteiger charge is -2.20. The third-order valence-corrected chi connectivity index (χ3v) is 2.72. The van der Waals surface area contributed by atoms with Gasteiger partial charge in [0.25, 0.3) is 0 Å². The smallest absolute Gasteiger partial charge is 0.241 e. The number of tetrazole rings is 1. The fourth-order valence-corrected chi connectivity index (χ4v) is 1.64.